The van der Waals surface area contributed by atoms with Crippen LogP contribution in [-0.2, 0) is 19.3 Å². The second-order valence-corrected chi connectivity index (χ2v) is 10.8. The average Bonchev–Trinajstić information content (AvgIpc) is 3.71. The number of tetrazole rings is 1. The number of aromatic amines is 1. The number of rotatable bonds is 8. The lowest BCUT2D eigenvalue weighted by atomic mass is 9.95. The fourth-order valence-electron chi connectivity index (χ4n) is 6.12. The quantitative estimate of drug-likeness (QED) is 0.274. The fourth-order valence-corrected chi connectivity index (χ4v) is 6.12. The average molecular weight is 522 g/mol. The molecule has 5 aromatic rings. The Morgan fingerprint density at radius 3 is 2.64 bits per heavy atom. The number of pyridine rings is 1. The highest BCUT2D eigenvalue weighted by atomic mass is 16.3. The summed E-state index contributed by atoms with van der Waals surface area (Å²) in [4.78, 5) is 10.2. The molecule has 1 aliphatic carbocycles. The summed E-state index contributed by atoms with van der Waals surface area (Å²) in [6.45, 7) is 8.42. The van der Waals surface area contributed by atoms with Gasteiger partial charge in [0.2, 0.25) is 0 Å². The van der Waals surface area contributed by atoms with Crippen molar-refractivity contribution < 1.29 is 5.11 Å². The van der Waals surface area contributed by atoms with Gasteiger partial charge in [0.25, 0.3) is 0 Å². The molecule has 3 heterocycles. The Bertz CT molecular complexity index is 1620. The Hall–Kier alpha value is -3.91. The van der Waals surface area contributed by atoms with Crippen LogP contribution >= 0.6 is 0 Å². The van der Waals surface area contributed by atoms with Crippen LogP contribution in [0.4, 0.5) is 0 Å². The van der Waals surface area contributed by atoms with Gasteiger partial charge >= 0.3 is 0 Å². The Kier molecular flexibility index (Phi) is 6.73. The van der Waals surface area contributed by atoms with Crippen LogP contribution in [0.5, 0.6) is 0 Å². The van der Waals surface area contributed by atoms with Crippen LogP contribution < -0.4 is 0 Å². The predicted molar refractivity (Wildman–Crippen MR) is 152 cm³/mol. The predicted octanol–water partition coefficient (Wildman–Crippen LogP) is 5.63. The first-order valence-electron chi connectivity index (χ1n) is 14.0. The van der Waals surface area contributed by atoms with Crippen molar-refractivity contribution in [2.75, 3.05) is 0 Å². The summed E-state index contributed by atoms with van der Waals surface area (Å²) >= 11 is 0. The lowest BCUT2D eigenvalue weighted by Crippen LogP contribution is -2.19. The molecule has 3 aromatic heterocycles. The van der Waals surface area contributed by atoms with E-state index >= 15 is 0 Å². The van der Waals surface area contributed by atoms with Gasteiger partial charge in [-0.1, -0.05) is 63.2 Å². The highest BCUT2D eigenvalue weighted by Crippen LogP contribution is 2.40. The van der Waals surface area contributed by atoms with Crippen molar-refractivity contribution in [2.24, 2.45) is 5.92 Å². The van der Waals surface area contributed by atoms with Gasteiger partial charge < -0.3 is 9.67 Å². The second kappa shape index (κ2) is 10.3. The fraction of sp³-hybridized carbons (Fsp3) is 0.387. The van der Waals surface area contributed by atoms with Gasteiger partial charge in [-0.25, -0.2) is 15.1 Å². The van der Waals surface area contributed by atoms with Crippen molar-refractivity contribution in [3.63, 3.8) is 0 Å². The molecule has 3 atom stereocenters. The molecule has 39 heavy (non-hydrogen) atoms. The first-order chi connectivity index (χ1) is 19.0. The van der Waals surface area contributed by atoms with Crippen LogP contribution in [0.25, 0.3) is 33.7 Å². The SMILES string of the molecule is CCc1nc2c(C)cc(CC(C)C(O)CC)nc2n1[C@H]1CCc2cc(-c3ccccc3-c3nnn[nH]3)ccc21. The van der Waals surface area contributed by atoms with E-state index in [1.54, 1.807) is 0 Å². The van der Waals surface area contributed by atoms with E-state index in [9.17, 15) is 5.11 Å². The van der Waals surface area contributed by atoms with Gasteiger partial charge in [0.15, 0.2) is 11.5 Å². The lowest BCUT2D eigenvalue weighted by Gasteiger charge is -2.19. The van der Waals surface area contributed by atoms with Crippen LogP contribution in [0.2, 0.25) is 0 Å². The van der Waals surface area contributed by atoms with Crippen LogP contribution in [0.3, 0.4) is 0 Å². The summed E-state index contributed by atoms with van der Waals surface area (Å²) < 4.78 is 2.38. The van der Waals surface area contributed by atoms with Gasteiger partial charge in [-0.3, -0.25) is 0 Å². The third-order valence-electron chi connectivity index (χ3n) is 8.23. The number of nitrogens with one attached hydrogen (secondary N) is 1. The van der Waals surface area contributed by atoms with Gasteiger partial charge in [-0.05, 0) is 82.8 Å². The Labute approximate surface area is 228 Å². The molecular formula is C31H35N7O. The number of benzene rings is 2. The van der Waals surface area contributed by atoms with E-state index in [4.69, 9.17) is 9.97 Å². The maximum absolute atomic E-state index is 10.4. The molecule has 1 aliphatic rings. The van der Waals surface area contributed by atoms with Crippen LogP contribution in [-0.4, -0.2) is 46.4 Å². The molecule has 8 heteroatoms. The zero-order valence-electron chi connectivity index (χ0n) is 23.0. The van der Waals surface area contributed by atoms with Crippen LogP contribution in [0.1, 0.15) is 67.9 Å². The molecule has 0 aliphatic heterocycles. The summed E-state index contributed by atoms with van der Waals surface area (Å²) in [7, 11) is 0. The van der Waals surface area contributed by atoms with Gasteiger partial charge in [0.1, 0.15) is 11.3 Å². The van der Waals surface area contributed by atoms with Crippen molar-refractivity contribution in [1.29, 1.82) is 0 Å². The maximum Gasteiger partial charge on any atom is 0.180 e. The largest absolute Gasteiger partial charge is 0.393 e. The molecule has 0 amide bonds. The Morgan fingerprint density at radius 2 is 1.90 bits per heavy atom. The molecule has 2 unspecified atom stereocenters. The lowest BCUT2D eigenvalue weighted by molar-refractivity contribution is 0.112. The topological polar surface area (TPSA) is 105 Å². The summed E-state index contributed by atoms with van der Waals surface area (Å²) in [5.74, 6) is 1.89. The molecule has 6 rings (SSSR count). The minimum atomic E-state index is -0.319. The summed E-state index contributed by atoms with van der Waals surface area (Å²) in [6.07, 6.45) is 4.05. The van der Waals surface area contributed by atoms with Crippen molar-refractivity contribution in [2.45, 2.75) is 71.9 Å². The first-order valence-corrected chi connectivity index (χ1v) is 14.0. The molecule has 8 nitrogen and oxygen atoms in total. The Morgan fingerprint density at radius 1 is 1.08 bits per heavy atom. The number of H-pyrrole nitrogens is 1. The molecular weight excluding hydrogens is 486 g/mol. The number of hydrogen-bond donors (Lipinski definition) is 2. The van der Waals surface area contributed by atoms with Crippen molar-refractivity contribution in [3.8, 4) is 22.5 Å². The highest BCUT2D eigenvalue weighted by molar-refractivity contribution is 5.81. The third-order valence-corrected chi connectivity index (χ3v) is 8.23. The van der Waals surface area contributed by atoms with Gasteiger partial charge in [0, 0.05) is 17.7 Å². The Balaban J connectivity index is 1.40. The summed E-state index contributed by atoms with van der Waals surface area (Å²) in [5.41, 5.74) is 10.1. The molecule has 0 saturated heterocycles. The number of aliphatic hydroxyl groups excluding tert-OH is 1. The van der Waals surface area contributed by atoms with E-state index in [0.717, 1.165) is 77.0 Å². The van der Waals surface area contributed by atoms with Gasteiger partial charge in [0.05, 0.1) is 12.1 Å². The molecule has 0 saturated carbocycles. The third kappa shape index (κ3) is 4.52. The summed E-state index contributed by atoms with van der Waals surface area (Å²) in [5, 5.41) is 24.9. The number of aryl methyl sites for hydroxylation is 3. The molecule has 0 fully saturated rings. The summed E-state index contributed by atoms with van der Waals surface area (Å²) in [6, 6.07) is 17.4. The van der Waals surface area contributed by atoms with Gasteiger partial charge in [-0.15, -0.1) is 5.10 Å². The zero-order chi connectivity index (χ0) is 27.1. The van der Waals surface area contributed by atoms with Crippen molar-refractivity contribution >= 4 is 11.2 Å². The molecule has 0 radical (unpaired) electrons. The molecule has 200 valence electrons. The molecule has 0 bridgehead atoms. The smallest absolute Gasteiger partial charge is 0.180 e. The molecule has 2 aromatic carbocycles. The van der Waals surface area contributed by atoms with E-state index < -0.39 is 0 Å². The monoisotopic (exact) mass is 521 g/mol. The van der Waals surface area contributed by atoms with Crippen LogP contribution in [0.15, 0.2) is 48.5 Å². The minimum Gasteiger partial charge on any atom is -0.393 e. The van der Waals surface area contributed by atoms with Crippen molar-refractivity contribution in [1.82, 2.24) is 35.2 Å². The number of aliphatic hydroxyl groups is 1. The number of fused-ring (bicyclic) bond motifs is 2. The first kappa shape index (κ1) is 25.4. The number of hydrogen-bond acceptors (Lipinski definition) is 6. The van der Waals surface area contributed by atoms with E-state index in [1.165, 1.54) is 11.1 Å². The van der Waals surface area contributed by atoms with E-state index in [-0.39, 0.29) is 18.1 Å². The second-order valence-electron chi connectivity index (χ2n) is 10.8. The van der Waals surface area contributed by atoms with E-state index in [2.05, 4.69) is 82.4 Å². The number of nitrogens with zero attached hydrogens (tertiary/aromatic N) is 6. The normalized spacial score (nSPS) is 16.5. The van der Waals surface area contributed by atoms with Crippen molar-refractivity contribution in [3.05, 3.63) is 76.7 Å². The van der Waals surface area contributed by atoms with Crippen LogP contribution in [0, 0.1) is 12.8 Å². The maximum atomic E-state index is 10.4. The number of imidazole rings is 1. The molecule has 2 N–H and O–H groups in total. The standard InChI is InChI=1S/C31H35N7O/c1-5-27(39)18(3)15-22-16-19(4)29-31(32-22)38(28(6-2)33-29)26-14-12-21-17-20(11-13-24(21)26)23-9-7-8-10-25(23)30-34-36-37-35-30/h7-11,13,16-18,26-27,39H,5-6,12,14-15H2,1-4H3,(H,34,35,36,37)/t18?,26-,27?/m0/s1. The minimum absolute atomic E-state index is 0.155. The number of aromatic nitrogens is 7. The zero-order valence-corrected chi connectivity index (χ0v) is 23.0. The van der Waals surface area contributed by atoms with E-state index in [1.807, 2.05) is 19.1 Å². The van der Waals surface area contributed by atoms with Gasteiger partial charge in [-0.2, -0.15) is 0 Å². The van der Waals surface area contributed by atoms with E-state index in [0.29, 0.717) is 5.82 Å². The highest BCUT2D eigenvalue weighted by Gasteiger charge is 2.29. The molecule has 0 spiro atoms.